The third-order valence-electron chi connectivity index (χ3n) is 3.50. The van der Waals surface area contributed by atoms with Gasteiger partial charge in [0.2, 0.25) is 0 Å². The number of nitrogens with one attached hydrogen (secondary N) is 1. The SMILES string of the molecule is Cc1ccc(CCN(C)CC2CCCNC2)o1. The van der Waals surface area contributed by atoms with Gasteiger partial charge in [0.1, 0.15) is 11.5 Å². The minimum atomic E-state index is 0.826. The van der Waals surface area contributed by atoms with Crippen LogP contribution in [0.4, 0.5) is 0 Å². The van der Waals surface area contributed by atoms with Gasteiger partial charge in [-0.1, -0.05) is 0 Å². The number of rotatable bonds is 5. The Balaban J connectivity index is 1.68. The van der Waals surface area contributed by atoms with Crippen molar-refractivity contribution in [2.45, 2.75) is 26.2 Å². The van der Waals surface area contributed by atoms with E-state index < -0.39 is 0 Å². The number of hydrogen-bond donors (Lipinski definition) is 1. The molecule has 1 N–H and O–H groups in total. The lowest BCUT2D eigenvalue weighted by Crippen LogP contribution is -2.37. The van der Waals surface area contributed by atoms with Gasteiger partial charge in [-0.05, 0) is 58.0 Å². The molecule has 1 aliphatic heterocycles. The summed E-state index contributed by atoms with van der Waals surface area (Å²) in [5.41, 5.74) is 0. The van der Waals surface area contributed by atoms with Gasteiger partial charge in [-0.2, -0.15) is 0 Å². The maximum absolute atomic E-state index is 5.58. The summed E-state index contributed by atoms with van der Waals surface area (Å²) in [4.78, 5) is 2.43. The van der Waals surface area contributed by atoms with E-state index in [0.717, 1.165) is 30.4 Å². The van der Waals surface area contributed by atoms with Gasteiger partial charge in [0.05, 0.1) is 0 Å². The van der Waals surface area contributed by atoms with E-state index in [1.807, 2.05) is 13.0 Å². The number of furan rings is 1. The van der Waals surface area contributed by atoms with Gasteiger partial charge in [-0.3, -0.25) is 0 Å². The largest absolute Gasteiger partial charge is 0.466 e. The van der Waals surface area contributed by atoms with Crippen LogP contribution in [0.25, 0.3) is 0 Å². The fourth-order valence-corrected chi connectivity index (χ4v) is 2.53. The summed E-state index contributed by atoms with van der Waals surface area (Å²) >= 11 is 0. The van der Waals surface area contributed by atoms with Crippen molar-refractivity contribution in [3.8, 4) is 0 Å². The highest BCUT2D eigenvalue weighted by atomic mass is 16.3. The van der Waals surface area contributed by atoms with Crippen molar-refractivity contribution in [1.29, 1.82) is 0 Å². The summed E-state index contributed by atoms with van der Waals surface area (Å²) in [6.07, 6.45) is 3.72. The highest BCUT2D eigenvalue weighted by Gasteiger charge is 2.14. The van der Waals surface area contributed by atoms with Crippen molar-refractivity contribution in [2.24, 2.45) is 5.92 Å². The number of aryl methyl sites for hydroxylation is 1. The van der Waals surface area contributed by atoms with Crippen molar-refractivity contribution in [1.82, 2.24) is 10.2 Å². The minimum Gasteiger partial charge on any atom is -0.466 e. The Bertz CT molecular complexity index is 329. The molecular formula is C14H24N2O. The maximum Gasteiger partial charge on any atom is 0.105 e. The zero-order valence-electron chi connectivity index (χ0n) is 11.0. The van der Waals surface area contributed by atoms with Crippen LogP contribution in [0.5, 0.6) is 0 Å². The molecule has 0 bridgehead atoms. The van der Waals surface area contributed by atoms with E-state index in [4.69, 9.17) is 4.42 Å². The molecule has 0 spiro atoms. The standard InChI is InChI=1S/C14H24N2O/c1-12-5-6-14(17-12)7-9-16(2)11-13-4-3-8-15-10-13/h5-6,13,15H,3-4,7-11H2,1-2H3. The van der Waals surface area contributed by atoms with E-state index in [9.17, 15) is 0 Å². The molecule has 1 aromatic heterocycles. The summed E-state index contributed by atoms with van der Waals surface area (Å²) < 4.78 is 5.58. The molecular weight excluding hydrogens is 212 g/mol. The zero-order chi connectivity index (χ0) is 12.1. The average Bonchev–Trinajstić information content (AvgIpc) is 2.74. The second-order valence-electron chi connectivity index (χ2n) is 5.24. The lowest BCUT2D eigenvalue weighted by atomic mass is 9.99. The van der Waals surface area contributed by atoms with E-state index in [0.29, 0.717) is 0 Å². The molecule has 1 unspecified atom stereocenters. The van der Waals surface area contributed by atoms with E-state index >= 15 is 0 Å². The Labute approximate surface area is 104 Å². The van der Waals surface area contributed by atoms with Crippen LogP contribution in [0.2, 0.25) is 0 Å². The predicted octanol–water partition coefficient (Wildman–Crippen LogP) is 2.06. The van der Waals surface area contributed by atoms with Gasteiger partial charge in [0, 0.05) is 19.5 Å². The van der Waals surface area contributed by atoms with Crippen molar-refractivity contribution >= 4 is 0 Å². The molecule has 0 aromatic carbocycles. The third-order valence-corrected chi connectivity index (χ3v) is 3.50. The summed E-state index contributed by atoms with van der Waals surface area (Å²) in [6, 6.07) is 4.13. The van der Waals surface area contributed by atoms with Crippen LogP contribution in [0.1, 0.15) is 24.4 Å². The van der Waals surface area contributed by atoms with Gasteiger partial charge >= 0.3 is 0 Å². The van der Waals surface area contributed by atoms with Gasteiger partial charge in [0.15, 0.2) is 0 Å². The van der Waals surface area contributed by atoms with Gasteiger partial charge in [-0.15, -0.1) is 0 Å². The Morgan fingerprint density at radius 3 is 3.00 bits per heavy atom. The molecule has 0 amide bonds. The second-order valence-corrected chi connectivity index (χ2v) is 5.24. The van der Waals surface area contributed by atoms with Crippen molar-refractivity contribution in [3.63, 3.8) is 0 Å². The number of piperidine rings is 1. The van der Waals surface area contributed by atoms with Crippen LogP contribution < -0.4 is 5.32 Å². The minimum absolute atomic E-state index is 0.826. The molecule has 1 atom stereocenters. The topological polar surface area (TPSA) is 28.4 Å². The Morgan fingerprint density at radius 1 is 1.47 bits per heavy atom. The van der Waals surface area contributed by atoms with Crippen LogP contribution >= 0.6 is 0 Å². The molecule has 2 heterocycles. The first-order valence-electron chi connectivity index (χ1n) is 6.68. The van der Waals surface area contributed by atoms with Crippen molar-refractivity contribution in [3.05, 3.63) is 23.7 Å². The van der Waals surface area contributed by atoms with Gasteiger partial charge in [-0.25, -0.2) is 0 Å². The summed E-state index contributed by atoms with van der Waals surface area (Å²) in [5, 5.41) is 3.47. The van der Waals surface area contributed by atoms with Crippen LogP contribution in [0.3, 0.4) is 0 Å². The van der Waals surface area contributed by atoms with E-state index in [-0.39, 0.29) is 0 Å². The fraction of sp³-hybridized carbons (Fsp3) is 0.714. The Kier molecular flexibility index (Phi) is 4.63. The molecule has 1 aliphatic rings. The summed E-state index contributed by atoms with van der Waals surface area (Å²) in [7, 11) is 2.21. The first-order chi connectivity index (χ1) is 8.24. The molecule has 3 heteroatoms. The average molecular weight is 236 g/mol. The van der Waals surface area contributed by atoms with Crippen LogP contribution in [-0.4, -0.2) is 38.1 Å². The first kappa shape index (κ1) is 12.7. The fourth-order valence-electron chi connectivity index (χ4n) is 2.53. The molecule has 2 rings (SSSR count). The molecule has 1 fully saturated rings. The van der Waals surface area contributed by atoms with Crippen LogP contribution in [-0.2, 0) is 6.42 Å². The van der Waals surface area contributed by atoms with E-state index in [1.165, 1.54) is 32.5 Å². The second kappa shape index (κ2) is 6.22. The van der Waals surface area contributed by atoms with Gasteiger partial charge in [0.25, 0.3) is 0 Å². The monoisotopic (exact) mass is 236 g/mol. The Hall–Kier alpha value is -0.800. The molecule has 0 radical (unpaired) electrons. The number of nitrogens with zero attached hydrogens (tertiary/aromatic N) is 1. The molecule has 1 saturated heterocycles. The lowest BCUT2D eigenvalue weighted by molar-refractivity contribution is 0.241. The molecule has 17 heavy (non-hydrogen) atoms. The maximum atomic E-state index is 5.58. The molecule has 96 valence electrons. The highest BCUT2D eigenvalue weighted by Crippen LogP contribution is 2.12. The van der Waals surface area contributed by atoms with Crippen molar-refractivity contribution in [2.75, 3.05) is 33.2 Å². The van der Waals surface area contributed by atoms with Gasteiger partial charge < -0.3 is 14.6 Å². The first-order valence-corrected chi connectivity index (χ1v) is 6.68. The van der Waals surface area contributed by atoms with E-state index in [1.54, 1.807) is 0 Å². The highest BCUT2D eigenvalue weighted by molar-refractivity contribution is 5.05. The van der Waals surface area contributed by atoms with Crippen molar-refractivity contribution < 1.29 is 4.42 Å². The lowest BCUT2D eigenvalue weighted by Gasteiger charge is -2.27. The summed E-state index contributed by atoms with van der Waals surface area (Å²) in [6.45, 7) is 6.67. The molecule has 1 aromatic rings. The molecule has 3 nitrogen and oxygen atoms in total. The quantitative estimate of drug-likeness (QED) is 0.848. The Morgan fingerprint density at radius 2 is 2.35 bits per heavy atom. The zero-order valence-corrected chi connectivity index (χ0v) is 11.0. The third kappa shape index (κ3) is 4.17. The van der Waals surface area contributed by atoms with Crippen LogP contribution in [0.15, 0.2) is 16.5 Å². The number of likely N-dealkylation sites (N-methyl/N-ethyl adjacent to an activating group) is 1. The van der Waals surface area contributed by atoms with E-state index in [2.05, 4.69) is 23.3 Å². The number of hydrogen-bond acceptors (Lipinski definition) is 3. The predicted molar refractivity (Wildman–Crippen MR) is 70.2 cm³/mol. The van der Waals surface area contributed by atoms with Crippen LogP contribution in [0, 0.1) is 12.8 Å². The summed E-state index contributed by atoms with van der Waals surface area (Å²) in [5.74, 6) is 2.95. The molecule has 0 aliphatic carbocycles. The smallest absolute Gasteiger partial charge is 0.105 e. The normalized spacial score (nSPS) is 21.0. The molecule has 0 saturated carbocycles.